The monoisotopic (exact) mass is 214 g/mol. The van der Waals surface area contributed by atoms with Crippen molar-refractivity contribution in [3.05, 3.63) is 47.9 Å². The molecule has 0 aliphatic carbocycles. The molecule has 1 aromatic heterocycles. The lowest BCUT2D eigenvalue weighted by molar-refractivity contribution is 1.23. The molecule has 0 amide bonds. The number of fused-ring (bicyclic) bond motifs is 3. The van der Waals surface area contributed by atoms with E-state index in [0.717, 1.165) is 16.3 Å². The van der Waals surface area contributed by atoms with E-state index in [1.807, 2.05) is 24.3 Å². The van der Waals surface area contributed by atoms with Crippen LogP contribution >= 0.6 is 11.6 Å². The van der Waals surface area contributed by atoms with Crippen molar-refractivity contribution in [3.8, 4) is 0 Å². The van der Waals surface area contributed by atoms with Crippen molar-refractivity contribution >= 4 is 33.3 Å². The molecule has 1 heterocycles. The van der Waals surface area contributed by atoms with Crippen molar-refractivity contribution in [3.63, 3.8) is 0 Å². The summed E-state index contributed by atoms with van der Waals surface area (Å²) in [5.41, 5.74) is 0.910. The van der Waals surface area contributed by atoms with Crippen molar-refractivity contribution in [2.75, 3.05) is 0 Å². The lowest BCUT2D eigenvalue weighted by atomic mass is 10.1. The molecule has 0 atom stereocenters. The van der Waals surface area contributed by atoms with E-state index < -0.39 is 0 Å². The third-order valence-corrected chi connectivity index (χ3v) is 2.63. The average molecular weight is 215 g/mol. The van der Waals surface area contributed by atoms with Crippen LogP contribution < -0.4 is 0 Å². The molecular weight excluding hydrogens is 208 g/mol. The lowest BCUT2D eigenvalue weighted by Crippen LogP contribution is -1.85. The summed E-state index contributed by atoms with van der Waals surface area (Å²) in [7, 11) is 0. The van der Waals surface area contributed by atoms with Crippen LogP contribution in [-0.4, -0.2) is 9.97 Å². The maximum atomic E-state index is 5.80. The summed E-state index contributed by atoms with van der Waals surface area (Å²) in [6.07, 6.45) is 1.75. The molecule has 0 bridgehead atoms. The Morgan fingerprint density at radius 2 is 1.73 bits per heavy atom. The van der Waals surface area contributed by atoms with E-state index in [9.17, 15) is 0 Å². The van der Waals surface area contributed by atoms with Crippen LogP contribution in [0.2, 0.25) is 5.28 Å². The number of rotatable bonds is 0. The average Bonchev–Trinajstić information content (AvgIpc) is 2.29. The first-order valence-electron chi connectivity index (χ1n) is 4.64. The molecule has 0 saturated carbocycles. The van der Waals surface area contributed by atoms with Gasteiger partial charge in [-0.05, 0) is 17.0 Å². The SMILES string of the molecule is Clc1ncc2ccc3ccccc3c2n1. The third kappa shape index (κ3) is 1.34. The number of aromatic nitrogens is 2. The number of benzene rings is 2. The predicted octanol–water partition coefficient (Wildman–Crippen LogP) is 3.44. The minimum atomic E-state index is 0.291. The van der Waals surface area contributed by atoms with Crippen LogP contribution in [0.5, 0.6) is 0 Å². The van der Waals surface area contributed by atoms with Crippen molar-refractivity contribution in [2.24, 2.45) is 0 Å². The molecule has 0 radical (unpaired) electrons. The molecule has 2 aromatic carbocycles. The fraction of sp³-hybridized carbons (Fsp3) is 0. The van der Waals surface area contributed by atoms with Crippen LogP contribution in [0, 0.1) is 0 Å². The van der Waals surface area contributed by atoms with Crippen LogP contribution in [-0.2, 0) is 0 Å². The predicted molar refractivity (Wildman–Crippen MR) is 62.1 cm³/mol. The molecule has 0 fully saturated rings. The fourth-order valence-corrected chi connectivity index (χ4v) is 1.88. The minimum Gasteiger partial charge on any atom is -0.226 e. The van der Waals surface area contributed by atoms with E-state index in [-0.39, 0.29) is 0 Å². The van der Waals surface area contributed by atoms with Gasteiger partial charge in [-0.1, -0.05) is 36.4 Å². The molecule has 0 unspecified atom stereocenters. The Kier molecular flexibility index (Phi) is 1.82. The molecule has 3 rings (SSSR count). The van der Waals surface area contributed by atoms with Crippen molar-refractivity contribution in [1.82, 2.24) is 9.97 Å². The van der Waals surface area contributed by atoms with E-state index in [4.69, 9.17) is 11.6 Å². The summed E-state index contributed by atoms with van der Waals surface area (Å²) in [6, 6.07) is 12.2. The van der Waals surface area contributed by atoms with Gasteiger partial charge in [0.05, 0.1) is 5.52 Å². The maximum Gasteiger partial charge on any atom is 0.222 e. The van der Waals surface area contributed by atoms with E-state index in [0.29, 0.717) is 5.28 Å². The molecular formula is C12H7ClN2. The summed E-state index contributed by atoms with van der Waals surface area (Å²) in [5.74, 6) is 0. The molecule has 2 nitrogen and oxygen atoms in total. The second-order valence-electron chi connectivity index (χ2n) is 3.36. The van der Waals surface area contributed by atoms with Gasteiger partial charge >= 0.3 is 0 Å². The number of hydrogen-bond donors (Lipinski definition) is 0. The summed E-state index contributed by atoms with van der Waals surface area (Å²) in [6.45, 7) is 0. The Balaban J connectivity index is 2.57. The van der Waals surface area contributed by atoms with Crippen molar-refractivity contribution < 1.29 is 0 Å². The van der Waals surface area contributed by atoms with E-state index in [1.165, 1.54) is 5.39 Å². The van der Waals surface area contributed by atoms with Crippen LogP contribution in [0.1, 0.15) is 0 Å². The third-order valence-electron chi connectivity index (χ3n) is 2.45. The Morgan fingerprint density at radius 3 is 2.67 bits per heavy atom. The largest absolute Gasteiger partial charge is 0.226 e. The zero-order valence-electron chi connectivity index (χ0n) is 7.81. The summed E-state index contributed by atoms with van der Waals surface area (Å²) in [4.78, 5) is 8.23. The van der Waals surface area contributed by atoms with Gasteiger partial charge in [0, 0.05) is 17.0 Å². The van der Waals surface area contributed by atoms with Crippen LogP contribution in [0.25, 0.3) is 21.7 Å². The molecule has 0 aliphatic rings. The maximum absolute atomic E-state index is 5.80. The Bertz CT molecular complexity index is 649. The smallest absolute Gasteiger partial charge is 0.222 e. The Hall–Kier alpha value is -1.67. The van der Waals surface area contributed by atoms with Gasteiger partial charge in [-0.3, -0.25) is 0 Å². The Labute approximate surface area is 91.5 Å². The second-order valence-corrected chi connectivity index (χ2v) is 3.70. The molecule has 0 saturated heterocycles. The van der Waals surface area contributed by atoms with Gasteiger partial charge < -0.3 is 0 Å². The van der Waals surface area contributed by atoms with Gasteiger partial charge in [0.25, 0.3) is 0 Å². The number of hydrogen-bond acceptors (Lipinski definition) is 2. The van der Waals surface area contributed by atoms with E-state index in [2.05, 4.69) is 22.1 Å². The van der Waals surface area contributed by atoms with Gasteiger partial charge in [-0.25, -0.2) is 9.97 Å². The highest BCUT2D eigenvalue weighted by Gasteiger charge is 2.02. The highest BCUT2D eigenvalue weighted by Crippen LogP contribution is 2.23. The van der Waals surface area contributed by atoms with Crippen molar-refractivity contribution in [2.45, 2.75) is 0 Å². The number of halogens is 1. The zero-order chi connectivity index (χ0) is 10.3. The highest BCUT2D eigenvalue weighted by atomic mass is 35.5. The first kappa shape index (κ1) is 8.62. The lowest BCUT2D eigenvalue weighted by Gasteiger charge is -2.02. The normalized spacial score (nSPS) is 11.0. The second kappa shape index (κ2) is 3.17. The van der Waals surface area contributed by atoms with Gasteiger partial charge in [0.2, 0.25) is 5.28 Å². The van der Waals surface area contributed by atoms with Crippen LogP contribution in [0.3, 0.4) is 0 Å². The summed E-state index contributed by atoms with van der Waals surface area (Å²) >= 11 is 5.80. The van der Waals surface area contributed by atoms with E-state index >= 15 is 0 Å². The minimum absolute atomic E-state index is 0.291. The Morgan fingerprint density at radius 1 is 0.933 bits per heavy atom. The molecule has 0 aliphatic heterocycles. The standard InChI is InChI=1S/C12H7ClN2/c13-12-14-7-9-6-5-8-3-1-2-4-10(8)11(9)15-12/h1-7H. The van der Waals surface area contributed by atoms with Gasteiger partial charge in [0.15, 0.2) is 0 Å². The topological polar surface area (TPSA) is 25.8 Å². The number of nitrogens with zero attached hydrogens (tertiary/aromatic N) is 2. The van der Waals surface area contributed by atoms with Gasteiger partial charge in [-0.2, -0.15) is 0 Å². The quantitative estimate of drug-likeness (QED) is 0.423. The van der Waals surface area contributed by atoms with Gasteiger partial charge in [-0.15, -0.1) is 0 Å². The summed E-state index contributed by atoms with van der Waals surface area (Å²) in [5, 5.41) is 3.58. The molecule has 3 heteroatoms. The first-order valence-corrected chi connectivity index (χ1v) is 5.02. The molecule has 3 aromatic rings. The van der Waals surface area contributed by atoms with Crippen LogP contribution in [0.15, 0.2) is 42.6 Å². The molecule has 0 spiro atoms. The van der Waals surface area contributed by atoms with E-state index in [1.54, 1.807) is 6.20 Å². The van der Waals surface area contributed by atoms with Crippen molar-refractivity contribution in [1.29, 1.82) is 0 Å². The molecule has 0 N–H and O–H groups in total. The molecule has 15 heavy (non-hydrogen) atoms. The highest BCUT2D eigenvalue weighted by molar-refractivity contribution is 6.28. The fourth-order valence-electron chi connectivity index (χ4n) is 1.74. The van der Waals surface area contributed by atoms with Gasteiger partial charge in [0.1, 0.15) is 0 Å². The molecule has 72 valence electrons. The summed E-state index contributed by atoms with van der Waals surface area (Å²) < 4.78 is 0. The zero-order valence-corrected chi connectivity index (χ0v) is 8.57. The first-order chi connectivity index (χ1) is 7.34. The van der Waals surface area contributed by atoms with Crippen LogP contribution in [0.4, 0.5) is 0 Å².